The Morgan fingerprint density at radius 3 is 2.94 bits per heavy atom. The Balaban J connectivity index is 2.57. The van der Waals surface area contributed by atoms with E-state index in [0.29, 0.717) is 23.0 Å². The van der Waals surface area contributed by atoms with E-state index in [1.165, 1.54) is 18.2 Å². The van der Waals surface area contributed by atoms with Crippen molar-refractivity contribution in [3.8, 4) is 12.3 Å². The third-order valence-electron chi connectivity index (χ3n) is 1.96. The molecule has 0 radical (unpaired) electrons. The number of terminal acetylenes is 1. The monoisotopic (exact) mass is 283 g/mol. The summed E-state index contributed by atoms with van der Waals surface area (Å²) < 4.78 is 13.2. The van der Waals surface area contributed by atoms with Crippen LogP contribution in [-0.2, 0) is 0 Å². The minimum absolute atomic E-state index is 0.233. The highest BCUT2D eigenvalue weighted by Crippen LogP contribution is 2.17. The molecule has 1 aromatic rings. The van der Waals surface area contributed by atoms with Crippen LogP contribution in [0, 0.1) is 18.2 Å². The quantitative estimate of drug-likeness (QED) is 0.668. The van der Waals surface area contributed by atoms with Crippen LogP contribution in [0.2, 0.25) is 0 Å². The Labute approximate surface area is 102 Å². The van der Waals surface area contributed by atoms with Gasteiger partial charge < -0.3 is 5.32 Å². The number of carbonyl (C=O) groups excluding carboxylic acids is 1. The van der Waals surface area contributed by atoms with E-state index in [-0.39, 0.29) is 11.7 Å². The largest absolute Gasteiger partial charge is 0.352 e. The zero-order valence-electron chi connectivity index (χ0n) is 8.59. The molecular formula is C12H11BrFNO. The van der Waals surface area contributed by atoms with E-state index in [9.17, 15) is 9.18 Å². The van der Waals surface area contributed by atoms with Crippen molar-refractivity contribution in [1.29, 1.82) is 0 Å². The fourth-order valence-corrected chi connectivity index (χ4v) is 1.69. The van der Waals surface area contributed by atoms with Gasteiger partial charge in [-0.25, -0.2) is 4.39 Å². The van der Waals surface area contributed by atoms with E-state index in [4.69, 9.17) is 6.42 Å². The van der Waals surface area contributed by atoms with E-state index < -0.39 is 0 Å². The molecule has 0 spiro atoms. The minimum atomic E-state index is -0.379. The van der Waals surface area contributed by atoms with Crippen molar-refractivity contribution >= 4 is 21.8 Å². The summed E-state index contributed by atoms with van der Waals surface area (Å²) in [5.74, 6) is 1.88. The van der Waals surface area contributed by atoms with Gasteiger partial charge in [-0.2, -0.15) is 0 Å². The summed E-state index contributed by atoms with van der Waals surface area (Å²) in [5, 5.41) is 2.71. The lowest BCUT2D eigenvalue weighted by molar-refractivity contribution is 0.0952. The van der Waals surface area contributed by atoms with E-state index in [2.05, 4.69) is 27.2 Å². The summed E-state index contributed by atoms with van der Waals surface area (Å²) in [6.45, 7) is 0.521. The Morgan fingerprint density at radius 1 is 1.56 bits per heavy atom. The molecule has 16 heavy (non-hydrogen) atoms. The lowest BCUT2D eigenvalue weighted by Gasteiger charge is -2.05. The van der Waals surface area contributed by atoms with Crippen LogP contribution < -0.4 is 5.32 Å². The molecule has 0 saturated heterocycles. The van der Waals surface area contributed by atoms with E-state index in [0.717, 1.165) is 6.42 Å². The first-order chi connectivity index (χ1) is 7.65. The van der Waals surface area contributed by atoms with Crippen LogP contribution in [0.4, 0.5) is 4.39 Å². The molecule has 2 nitrogen and oxygen atoms in total. The first kappa shape index (κ1) is 12.7. The number of nitrogens with one attached hydrogen (secondary N) is 1. The van der Waals surface area contributed by atoms with Gasteiger partial charge >= 0.3 is 0 Å². The second-order valence-corrected chi connectivity index (χ2v) is 4.04. The first-order valence-electron chi connectivity index (χ1n) is 4.82. The maximum Gasteiger partial charge on any atom is 0.252 e. The molecule has 1 aromatic carbocycles. The van der Waals surface area contributed by atoms with E-state index >= 15 is 0 Å². The van der Waals surface area contributed by atoms with E-state index in [1.807, 2.05) is 0 Å². The van der Waals surface area contributed by atoms with Gasteiger partial charge in [0.25, 0.3) is 5.91 Å². The maximum absolute atomic E-state index is 12.8. The molecule has 0 atom stereocenters. The SMILES string of the molecule is C#CCCCNC(=O)c1ccc(F)cc1Br. The smallest absolute Gasteiger partial charge is 0.252 e. The summed E-state index contributed by atoms with van der Waals surface area (Å²) >= 11 is 3.14. The van der Waals surface area contributed by atoms with Gasteiger partial charge in [-0.15, -0.1) is 12.3 Å². The van der Waals surface area contributed by atoms with Gasteiger partial charge in [-0.1, -0.05) is 0 Å². The second kappa shape index (κ2) is 6.29. The van der Waals surface area contributed by atoms with Crippen molar-refractivity contribution in [2.45, 2.75) is 12.8 Å². The summed E-state index contributed by atoms with van der Waals surface area (Å²) in [6.07, 6.45) is 6.45. The molecule has 0 bridgehead atoms. The maximum atomic E-state index is 12.8. The molecule has 0 saturated carbocycles. The van der Waals surface area contributed by atoms with E-state index in [1.54, 1.807) is 0 Å². The number of hydrogen-bond acceptors (Lipinski definition) is 1. The summed E-state index contributed by atoms with van der Waals surface area (Å²) in [4.78, 5) is 11.6. The predicted octanol–water partition coefficient (Wildman–Crippen LogP) is 2.73. The minimum Gasteiger partial charge on any atom is -0.352 e. The number of halogens is 2. The van der Waals surface area contributed by atoms with Gasteiger partial charge in [-0.3, -0.25) is 4.79 Å². The number of unbranched alkanes of at least 4 members (excludes halogenated alkanes) is 1. The fourth-order valence-electron chi connectivity index (χ4n) is 1.16. The standard InChI is InChI=1S/C12H11BrFNO/c1-2-3-4-7-15-12(16)10-6-5-9(14)8-11(10)13/h1,5-6,8H,3-4,7H2,(H,15,16). The van der Waals surface area contributed by atoms with Crippen LogP contribution in [0.1, 0.15) is 23.2 Å². The van der Waals surface area contributed by atoms with Crippen LogP contribution in [0.5, 0.6) is 0 Å². The van der Waals surface area contributed by atoms with Crippen molar-refractivity contribution < 1.29 is 9.18 Å². The van der Waals surface area contributed by atoms with Crippen molar-refractivity contribution in [3.05, 3.63) is 34.1 Å². The Morgan fingerprint density at radius 2 is 2.31 bits per heavy atom. The van der Waals surface area contributed by atoms with Gasteiger partial charge in [0.2, 0.25) is 0 Å². The molecule has 4 heteroatoms. The summed E-state index contributed by atoms with van der Waals surface area (Å²) in [6, 6.07) is 3.95. The number of amides is 1. The van der Waals surface area contributed by atoms with Crippen molar-refractivity contribution in [2.75, 3.05) is 6.54 Å². The third kappa shape index (κ3) is 3.67. The van der Waals surface area contributed by atoms with Crippen LogP contribution in [-0.4, -0.2) is 12.5 Å². The highest BCUT2D eigenvalue weighted by molar-refractivity contribution is 9.10. The Kier molecular flexibility index (Phi) is 5.00. The lowest BCUT2D eigenvalue weighted by atomic mass is 10.2. The Hall–Kier alpha value is -1.34. The lowest BCUT2D eigenvalue weighted by Crippen LogP contribution is -2.24. The molecule has 1 rings (SSSR count). The number of hydrogen-bond donors (Lipinski definition) is 1. The Bertz CT molecular complexity index is 426. The van der Waals surface area contributed by atoms with Crippen LogP contribution in [0.3, 0.4) is 0 Å². The molecule has 0 aromatic heterocycles. The normalized spacial score (nSPS) is 9.56. The van der Waals surface area contributed by atoms with Crippen molar-refractivity contribution in [3.63, 3.8) is 0 Å². The topological polar surface area (TPSA) is 29.1 Å². The predicted molar refractivity (Wildman–Crippen MR) is 64.5 cm³/mol. The molecular weight excluding hydrogens is 273 g/mol. The number of carbonyl (C=O) groups is 1. The third-order valence-corrected chi connectivity index (χ3v) is 2.62. The molecule has 84 valence electrons. The molecule has 0 aliphatic rings. The van der Waals surface area contributed by atoms with Gasteiger partial charge in [0, 0.05) is 17.4 Å². The highest BCUT2D eigenvalue weighted by atomic mass is 79.9. The van der Waals surface area contributed by atoms with Gasteiger partial charge in [0.1, 0.15) is 5.82 Å². The highest BCUT2D eigenvalue weighted by Gasteiger charge is 2.09. The van der Waals surface area contributed by atoms with Crippen LogP contribution >= 0.6 is 15.9 Å². The number of benzene rings is 1. The average molecular weight is 284 g/mol. The molecule has 1 amide bonds. The van der Waals surface area contributed by atoms with Crippen LogP contribution in [0.15, 0.2) is 22.7 Å². The molecule has 0 heterocycles. The zero-order chi connectivity index (χ0) is 12.0. The zero-order valence-corrected chi connectivity index (χ0v) is 10.2. The summed E-state index contributed by atoms with van der Waals surface area (Å²) in [5.41, 5.74) is 0.419. The van der Waals surface area contributed by atoms with Crippen LogP contribution in [0.25, 0.3) is 0 Å². The van der Waals surface area contributed by atoms with Gasteiger partial charge in [0.05, 0.1) is 5.56 Å². The van der Waals surface area contributed by atoms with Crippen molar-refractivity contribution in [1.82, 2.24) is 5.32 Å². The molecule has 0 unspecified atom stereocenters. The second-order valence-electron chi connectivity index (χ2n) is 3.19. The molecule has 0 aliphatic heterocycles. The molecule has 0 aliphatic carbocycles. The molecule has 1 N–H and O–H groups in total. The molecule has 0 fully saturated rings. The van der Waals surface area contributed by atoms with Gasteiger partial charge in [-0.05, 0) is 40.5 Å². The fraction of sp³-hybridized carbons (Fsp3) is 0.250. The number of rotatable bonds is 4. The van der Waals surface area contributed by atoms with Crippen molar-refractivity contribution in [2.24, 2.45) is 0 Å². The summed E-state index contributed by atoms with van der Waals surface area (Å²) in [7, 11) is 0. The van der Waals surface area contributed by atoms with Gasteiger partial charge in [0.15, 0.2) is 0 Å². The average Bonchev–Trinajstić information content (AvgIpc) is 2.24. The first-order valence-corrected chi connectivity index (χ1v) is 5.61.